The van der Waals surface area contributed by atoms with Gasteiger partial charge < -0.3 is 9.17 Å². The number of hydrogen-bond donors (Lipinski definition) is 1. The van der Waals surface area contributed by atoms with E-state index in [0.29, 0.717) is 5.02 Å². The molecule has 0 fully saturated rings. The Labute approximate surface area is 109 Å². The SMILES string of the molecule is CN(C)SOc1ccc(Cl)cc1-c1cnc[nH]1. The lowest BCUT2D eigenvalue weighted by atomic mass is 10.1. The molecule has 1 N–H and O–H groups in total. The number of H-pyrrole nitrogens is 1. The summed E-state index contributed by atoms with van der Waals surface area (Å²) in [4.78, 5) is 7.03. The number of hydrogen-bond acceptors (Lipinski definition) is 4. The van der Waals surface area contributed by atoms with Gasteiger partial charge in [-0.15, -0.1) is 0 Å². The van der Waals surface area contributed by atoms with E-state index in [2.05, 4.69) is 9.97 Å². The maximum absolute atomic E-state index is 5.99. The smallest absolute Gasteiger partial charge is 0.148 e. The largest absolute Gasteiger partial charge is 0.409 e. The molecule has 0 spiro atoms. The highest BCUT2D eigenvalue weighted by Crippen LogP contribution is 2.33. The van der Waals surface area contributed by atoms with Crippen LogP contribution < -0.4 is 4.18 Å². The van der Waals surface area contributed by atoms with Gasteiger partial charge in [0.1, 0.15) is 18.0 Å². The van der Waals surface area contributed by atoms with Crippen molar-refractivity contribution in [3.05, 3.63) is 35.7 Å². The Hall–Kier alpha value is -1.17. The first-order valence-electron chi connectivity index (χ1n) is 4.97. The predicted octanol–water partition coefficient (Wildman–Crippen LogP) is 3.23. The van der Waals surface area contributed by atoms with Gasteiger partial charge in [0.15, 0.2) is 0 Å². The van der Waals surface area contributed by atoms with E-state index in [4.69, 9.17) is 15.8 Å². The molecule has 0 saturated heterocycles. The summed E-state index contributed by atoms with van der Waals surface area (Å²) in [5, 5.41) is 0.664. The van der Waals surface area contributed by atoms with Crippen molar-refractivity contribution in [2.75, 3.05) is 14.1 Å². The van der Waals surface area contributed by atoms with Crippen molar-refractivity contribution in [1.82, 2.24) is 14.3 Å². The molecule has 2 rings (SSSR count). The normalized spacial score (nSPS) is 10.8. The van der Waals surface area contributed by atoms with Crippen molar-refractivity contribution in [3.8, 4) is 17.0 Å². The van der Waals surface area contributed by atoms with E-state index in [1.54, 1.807) is 18.6 Å². The zero-order valence-electron chi connectivity index (χ0n) is 9.48. The van der Waals surface area contributed by atoms with E-state index in [1.165, 1.54) is 12.2 Å². The van der Waals surface area contributed by atoms with E-state index in [0.717, 1.165) is 17.0 Å². The second-order valence-corrected chi connectivity index (χ2v) is 5.06. The number of nitrogens with one attached hydrogen (secondary N) is 1. The maximum atomic E-state index is 5.99. The Morgan fingerprint density at radius 1 is 1.41 bits per heavy atom. The predicted molar refractivity (Wildman–Crippen MR) is 70.9 cm³/mol. The van der Waals surface area contributed by atoms with E-state index in [1.807, 2.05) is 30.5 Å². The molecule has 0 amide bonds. The lowest BCUT2D eigenvalue weighted by Crippen LogP contribution is -2.02. The third kappa shape index (κ3) is 3.15. The molecule has 1 aromatic carbocycles. The van der Waals surface area contributed by atoms with E-state index >= 15 is 0 Å². The van der Waals surface area contributed by atoms with Gasteiger partial charge in [-0.25, -0.2) is 9.29 Å². The summed E-state index contributed by atoms with van der Waals surface area (Å²) in [7, 11) is 3.83. The topological polar surface area (TPSA) is 41.1 Å². The molecule has 0 bridgehead atoms. The molecular weight excluding hydrogens is 258 g/mol. The molecule has 0 saturated carbocycles. The average Bonchev–Trinajstić information content (AvgIpc) is 2.80. The fourth-order valence-corrected chi connectivity index (χ4v) is 1.85. The Kier molecular flexibility index (Phi) is 3.93. The van der Waals surface area contributed by atoms with Gasteiger partial charge in [-0.2, -0.15) is 0 Å². The van der Waals surface area contributed by atoms with Crippen LogP contribution in [0.15, 0.2) is 30.7 Å². The summed E-state index contributed by atoms with van der Waals surface area (Å²) >= 11 is 7.25. The molecule has 90 valence electrons. The molecular formula is C11H12ClN3OS. The van der Waals surface area contributed by atoms with Gasteiger partial charge >= 0.3 is 0 Å². The van der Waals surface area contributed by atoms with E-state index < -0.39 is 0 Å². The number of aromatic nitrogens is 2. The highest BCUT2D eigenvalue weighted by molar-refractivity contribution is 7.92. The monoisotopic (exact) mass is 269 g/mol. The first-order chi connectivity index (χ1) is 8.16. The van der Waals surface area contributed by atoms with Gasteiger partial charge in [0, 0.05) is 24.7 Å². The van der Waals surface area contributed by atoms with Crippen LogP contribution in [-0.4, -0.2) is 28.4 Å². The number of aromatic amines is 1. The van der Waals surface area contributed by atoms with Crippen LogP contribution in [0, 0.1) is 0 Å². The fourth-order valence-electron chi connectivity index (χ4n) is 1.30. The van der Waals surface area contributed by atoms with Crippen molar-refractivity contribution in [3.63, 3.8) is 0 Å². The van der Waals surface area contributed by atoms with Crippen molar-refractivity contribution in [2.45, 2.75) is 0 Å². The number of imidazole rings is 1. The molecule has 0 aliphatic rings. The van der Waals surface area contributed by atoms with Gasteiger partial charge in [0.05, 0.1) is 18.2 Å². The standard InChI is InChI=1S/C11H12ClN3OS/c1-15(2)17-16-11-4-3-8(12)5-9(11)10-6-13-7-14-10/h3-7H,1-2H3,(H,13,14). The molecule has 2 aromatic rings. The zero-order chi connectivity index (χ0) is 12.3. The Morgan fingerprint density at radius 2 is 2.24 bits per heavy atom. The average molecular weight is 270 g/mol. The van der Waals surface area contributed by atoms with Crippen LogP contribution in [0.5, 0.6) is 5.75 Å². The van der Waals surface area contributed by atoms with Crippen molar-refractivity contribution < 1.29 is 4.18 Å². The van der Waals surface area contributed by atoms with Crippen molar-refractivity contribution >= 4 is 23.8 Å². The van der Waals surface area contributed by atoms with Crippen LogP contribution in [0.3, 0.4) is 0 Å². The number of rotatable bonds is 4. The number of benzene rings is 1. The highest BCUT2D eigenvalue weighted by atomic mass is 35.5. The molecule has 6 heteroatoms. The van der Waals surface area contributed by atoms with Crippen molar-refractivity contribution in [1.29, 1.82) is 0 Å². The number of nitrogens with zero attached hydrogens (tertiary/aromatic N) is 2. The van der Waals surface area contributed by atoms with Crippen LogP contribution in [0.4, 0.5) is 0 Å². The maximum Gasteiger partial charge on any atom is 0.148 e. The quantitative estimate of drug-likeness (QED) is 0.683. The summed E-state index contributed by atoms with van der Waals surface area (Å²) in [6.45, 7) is 0. The molecule has 1 heterocycles. The second kappa shape index (κ2) is 5.44. The van der Waals surface area contributed by atoms with Gasteiger partial charge in [-0.3, -0.25) is 0 Å². The van der Waals surface area contributed by atoms with Crippen LogP contribution >= 0.6 is 23.8 Å². The molecule has 0 aliphatic heterocycles. The second-order valence-electron chi connectivity index (χ2n) is 3.58. The lowest BCUT2D eigenvalue weighted by molar-refractivity contribution is 0.577. The third-order valence-corrected chi connectivity index (χ3v) is 2.79. The summed E-state index contributed by atoms with van der Waals surface area (Å²) in [6, 6.07) is 5.49. The first-order valence-corrected chi connectivity index (χ1v) is 6.05. The zero-order valence-corrected chi connectivity index (χ0v) is 11.0. The molecule has 0 atom stereocenters. The Bertz CT molecular complexity index is 487. The van der Waals surface area contributed by atoms with Gasteiger partial charge in [0.25, 0.3) is 0 Å². The summed E-state index contributed by atoms with van der Waals surface area (Å²) in [6.07, 6.45) is 3.36. The van der Waals surface area contributed by atoms with Crippen molar-refractivity contribution in [2.24, 2.45) is 0 Å². The number of halogens is 1. The molecule has 0 unspecified atom stereocenters. The van der Waals surface area contributed by atoms with Crippen LogP contribution in [0.25, 0.3) is 11.3 Å². The minimum atomic E-state index is 0.664. The Balaban J connectivity index is 2.31. The highest BCUT2D eigenvalue weighted by Gasteiger charge is 2.09. The van der Waals surface area contributed by atoms with E-state index in [9.17, 15) is 0 Å². The van der Waals surface area contributed by atoms with Crippen LogP contribution in [0.2, 0.25) is 5.02 Å². The summed E-state index contributed by atoms with van der Waals surface area (Å²) in [5.74, 6) is 0.748. The van der Waals surface area contributed by atoms with E-state index in [-0.39, 0.29) is 0 Å². The Morgan fingerprint density at radius 3 is 2.88 bits per heavy atom. The van der Waals surface area contributed by atoms with Gasteiger partial charge in [-0.05, 0) is 18.2 Å². The fraction of sp³-hybridized carbons (Fsp3) is 0.182. The van der Waals surface area contributed by atoms with Gasteiger partial charge in [0.2, 0.25) is 0 Å². The lowest BCUT2D eigenvalue weighted by Gasteiger charge is -2.11. The minimum Gasteiger partial charge on any atom is -0.409 e. The molecule has 0 aliphatic carbocycles. The molecule has 4 nitrogen and oxygen atoms in total. The van der Waals surface area contributed by atoms with Crippen LogP contribution in [-0.2, 0) is 0 Å². The minimum absolute atomic E-state index is 0.664. The first kappa shape index (κ1) is 12.3. The molecule has 17 heavy (non-hydrogen) atoms. The van der Waals surface area contributed by atoms with Gasteiger partial charge in [-0.1, -0.05) is 11.6 Å². The summed E-state index contributed by atoms with van der Waals surface area (Å²) < 4.78 is 7.48. The molecule has 0 radical (unpaired) electrons. The summed E-state index contributed by atoms with van der Waals surface area (Å²) in [5.41, 5.74) is 1.77. The third-order valence-electron chi connectivity index (χ3n) is 2.01. The molecule has 1 aromatic heterocycles. The van der Waals surface area contributed by atoms with Crippen LogP contribution in [0.1, 0.15) is 0 Å².